The van der Waals surface area contributed by atoms with Gasteiger partial charge in [0, 0.05) is 0 Å². The molecule has 2 atom stereocenters. The average Bonchev–Trinajstić information content (AvgIpc) is 2.36. The fourth-order valence-electron chi connectivity index (χ4n) is 1.49. The molecule has 0 amide bonds. The summed E-state index contributed by atoms with van der Waals surface area (Å²) in [4.78, 5) is 21.7. The van der Waals surface area contributed by atoms with E-state index < -0.39 is 36.4 Å². The number of aliphatic hydroxyl groups excluding tert-OH is 2. The van der Waals surface area contributed by atoms with Crippen LogP contribution in [0.3, 0.4) is 0 Å². The van der Waals surface area contributed by atoms with Crippen LogP contribution in [0.4, 0.5) is 4.39 Å². The van der Waals surface area contributed by atoms with E-state index in [4.69, 9.17) is 5.11 Å². The molecule has 0 bridgehead atoms. The SMILES string of the molecule is COC(=O)CC(O)C(O)c1cc(F)cc(C(=O)O)c1. The van der Waals surface area contributed by atoms with E-state index in [1.54, 1.807) is 0 Å². The average molecular weight is 272 g/mol. The molecule has 0 aliphatic carbocycles. The van der Waals surface area contributed by atoms with Crippen molar-refractivity contribution >= 4 is 11.9 Å². The van der Waals surface area contributed by atoms with Gasteiger partial charge in [0.15, 0.2) is 0 Å². The Morgan fingerprint density at radius 2 is 1.95 bits per heavy atom. The number of benzene rings is 1. The molecule has 6 nitrogen and oxygen atoms in total. The largest absolute Gasteiger partial charge is 0.478 e. The van der Waals surface area contributed by atoms with Crippen molar-refractivity contribution in [3.63, 3.8) is 0 Å². The molecule has 0 aromatic heterocycles. The fourth-order valence-corrected chi connectivity index (χ4v) is 1.49. The lowest BCUT2D eigenvalue weighted by Crippen LogP contribution is -2.23. The molecule has 0 heterocycles. The molecule has 1 rings (SSSR count). The molecule has 1 aromatic rings. The van der Waals surface area contributed by atoms with E-state index in [2.05, 4.69) is 4.74 Å². The summed E-state index contributed by atoms with van der Waals surface area (Å²) in [7, 11) is 1.12. The predicted octanol–water partition coefficient (Wildman–Crippen LogP) is 0.481. The smallest absolute Gasteiger partial charge is 0.335 e. The number of aromatic carboxylic acids is 1. The zero-order valence-corrected chi connectivity index (χ0v) is 10.0. The van der Waals surface area contributed by atoms with Gasteiger partial charge in [-0.2, -0.15) is 0 Å². The van der Waals surface area contributed by atoms with Crippen molar-refractivity contribution in [1.82, 2.24) is 0 Å². The summed E-state index contributed by atoms with van der Waals surface area (Å²) in [6.45, 7) is 0. The molecule has 0 aliphatic heterocycles. The third kappa shape index (κ3) is 4.01. The first-order valence-corrected chi connectivity index (χ1v) is 5.32. The summed E-state index contributed by atoms with van der Waals surface area (Å²) in [6.07, 6.45) is -3.60. The Kier molecular flexibility index (Phi) is 4.96. The highest BCUT2D eigenvalue weighted by Crippen LogP contribution is 2.22. The van der Waals surface area contributed by atoms with Crippen molar-refractivity contribution in [3.05, 3.63) is 35.1 Å². The molecule has 104 valence electrons. The molecule has 7 heteroatoms. The summed E-state index contributed by atoms with van der Waals surface area (Å²) >= 11 is 0. The topological polar surface area (TPSA) is 104 Å². The van der Waals surface area contributed by atoms with Crippen LogP contribution in [0.1, 0.15) is 28.4 Å². The highest BCUT2D eigenvalue weighted by molar-refractivity contribution is 5.87. The summed E-state index contributed by atoms with van der Waals surface area (Å²) in [6, 6.07) is 2.69. The first-order chi connectivity index (χ1) is 8.85. The van der Waals surface area contributed by atoms with Gasteiger partial charge in [0.25, 0.3) is 0 Å². The van der Waals surface area contributed by atoms with Gasteiger partial charge in [-0.3, -0.25) is 4.79 Å². The molecular weight excluding hydrogens is 259 g/mol. The molecule has 0 fully saturated rings. The first kappa shape index (κ1) is 15.1. The summed E-state index contributed by atoms with van der Waals surface area (Å²) < 4.78 is 17.5. The second-order valence-corrected chi connectivity index (χ2v) is 3.87. The van der Waals surface area contributed by atoms with Crippen LogP contribution in [0.5, 0.6) is 0 Å². The number of rotatable bonds is 5. The molecule has 0 saturated carbocycles. The minimum absolute atomic E-state index is 0.131. The number of carbonyl (C=O) groups is 2. The number of methoxy groups -OCH3 is 1. The van der Waals surface area contributed by atoms with Crippen molar-refractivity contribution in [2.75, 3.05) is 7.11 Å². The van der Waals surface area contributed by atoms with Gasteiger partial charge in [-0.15, -0.1) is 0 Å². The molecule has 3 N–H and O–H groups in total. The number of carboxylic acids is 1. The van der Waals surface area contributed by atoms with Crippen molar-refractivity contribution in [2.45, 2.75) is 18.6 Å². The number of aliphatic hydroxyl groups is 2. The van der Waals surface area contributed by atoms with E-state index in [-0.39, 0.29) is 11.1 Å². The lowest BCUT2D eigenvalue weighted by Gasteiger charge is -2.17. The number of esters is 1. The van der Waals surface area contributed by atoms with Crippen molar-refractivity contribution < 1.29 is 34.0 Å². The summed E-state index contributed by atoms with van der Waals surface area (Å²) in [5, 5.41) is 28.1. The van der Waals surface area contributed by atoms with Crippen molar-refractivity contribution in [3.8, 4) is 0 Å². The molecule has 0 aliphatic rings. The molecule has 2 unspecified atom stereocenters. The first-order valence-electron chi connectivity index (χ1n) is 5.32. The fraction of sp³-hybridized carbons (Fsp3) is 0.333. The normalized spacial score (nSPS) is 13.7. The van der Waals surface area contributed by atoms with Crippen LogP contribution < -0.4 is 0 Å². The molecule has 19 heavy (non-hydrogen) atoms. The molecular formula is C12H13FO6. The third-order valence-corrected chi connectivity index (χ3v) is 2.48. The minimum atomic E-state index is -1.59. The highest BCUT2D eigenvalue weighted by Gasteiger charge is 2.23. The Hall–Kier alpha value is -1.99. The minimum Gasteiger partial charge on any atom is -0.478 e. The van der Waals surface area contributed by atoms with E-state index in [1.807, 2.05) is 0 Å². The lowest BCUT2D eigenvalue weighted by atomic mass is 10.00. The van der Waals surface area contributed by atoms with Crippen LogP contribution in [0.25, 0.3) is 0 Å². The Bertz CT molecular complexity index is 487. The number of halogens is 1. The van der Waals surface area contributed by atoms with Crippen LogP contribution in [0.2, 0.25) is 0 Å². The van der Waals surface area contributed by atoms with Gasteiger partial charge in [-0.05, 0) is 23.8 Å². The standard InChI is InChI=1S/C12H13FO6/c1-19-10(15)5-9(14)11(16)6-2-7(12(17)18)4-8(13)3-6/h2-4,9,11,14,16H,5H2,1H3,(H,17,18). The maximum atomic E-state index is 13.2. The second kappa shape index (κ2) is 6.26. The number of hydrogen-bond donors (Lipinski definition) is 3. The second-order valence-electron chi connectivity index (χ2n) is 3.87. The van der Waals surface area contributed by atoms with Gasteiger partial charge in [0.2, 0.25) is 0 Å². The Morgan fingerprint density at radius 1 is 1.32 bits per heavy atom. The van der Waals surface area contributed by atoms with Crippen LogP contribution in [0, 0.1) is 5.82 Å². The maximum Gasteiger partial charge on any atom is 0.335 e. The van der Waals surface area contributed by atoms with Crippen LogP contribution in [-0.4, -0.2) is 40.5 Å². The highest BCUT2D eigenvalue weighted by atomic mass is 19.1. The monoisotopic (exact) mass is 272 g/mol. The van der Waals surface area contributed by atoms with E-state index in [9.17, 15) is 24.2 Å². The zero-order chi connectivity index (χ0) is 14.6. The molecule has 0 saturated heterocycles. The van der Waals surface area contributed by atoms with Crippen LogP contribution in [0.15, 0.2) is 18.2 Å². The summed E-state index contributed by atoms with van der Waals surface area (Å²) in [5.74, 6) is -2.98. The van der Waals surface area contributed by atoms with Crippen molar-refractivity contribution in [1.29, 1.82) is 0 Å². The van der Waals surface area contributed by atoms with E-state index in [1.165, 1.54) is 0 Å². The van der Waals surface area contributed by atoms with Crippen molar-refractivity contribution in [2.24, 2.45) is 0 Å². The number of ether oxygens (including phenoxy) is 1. The summed E-state index contributed by atoms with van der Waals surface area (Å²) in [5.41, 5.74) is -0.492. The quantitative estimate of drug-likeness (QED) is 0.673. The van der Waals surface area contributed by atoms with Gasteiger partial charge in [-0.25, -0.2) is 9.18 Å². The van der Waals surface area contributed by atoms with E-state index in [0.29, 0.717) is 0 Å². The third-order valence-electron chi connectivity index (χ3n) is 2.48. The van der Waals surface area contributed by atoms with Crippen LogP contribution >= 0.6 is 0 Å². The Labute approximate surface area is 108 Å². The Morgan fingerprint density at radius 3 is 2.47 bits per heavy atom. The van der Waals surface area contributed by atoms with E-state index >= 15 is 0 Å². The lowest BCUT2D eigenvalue weighted by molar-refractivity contribution is -0.144. The van der Waals surface area contributed by atoms with Gasteiger partial charge in [-0.1, -0.05) is 0 Å². The van der Waals surface area contributed by atoms with Crippen LogP contribution in [-0.2, 0) is 9.53 Å². The van der Waals surface area contributed by atoms with E-state index in [0.717, 1.165) is 25.3 Å². The predicted molar refractivity (Wildman–Crippen MR) is 61.0 cm³/mol. The number of carbonyl (C=O) groups excluding carboxylic acids is 1. The molecule has 1 aromatic carbocycles. The Balaban J connectivity index is 2.95. The molecule has 0 radical (unpaired) electrons. The van der Waals surface area contributed by atoms with Gasteiger partial charge in [0.1, 0.15) is 11.9 Å². The maximum absolute atomic E-state index is 13.2. The van der Waals surface area contributed by atoms with Gasteiger partial charge in [0.05, 0.1) is 25.2 Å². The number of carboxylic acid groups (broad SMARTS) is 1. The molecule has 0 spiro atoms. The van der Waals surface area contributed by atoms with Gasteiger partial charge >= 0.3 is 11.9 Å². The zero-order valence-electron chi connectivity index (χ0n) is 10.0. The van der Waals surface area contributed by atoms with Gasteiger partial charge < -0.3 is 20.1 Å². The number of hydrogen-bond acceptors (Lipinski definition) is 5.